The van der Waals surface area contributed by atoms with Gasteiger partial charge in [0.15, 0.2) is 0 Å². The van der Waals surface area contributed by atoms with Crippen molar-refractivity contribution < 1.29 is 9.66 Å². The molecule has 8 nitrogen and oxygen atoms in total. The minimum absolute atomic E-state index is 0.109. The molecule has 0 fully saturated rings. The maximum atomic E-state index is 10.9. The van der Waals surface area contributed by atoms with E-state index in [2.05, 4.69) is 15.4 Å². The molecule has 0 atom stereocenters. The van der Waals surface area contributed by atoms with E-state index >= 15 is 0 Å². The number of nitrogen functional groups attached to an aromatic ring is 1. The Balaban J connectivity index is 2.39. The number of nitrogens with two attached hydrogens (primary N) is 1. The average molecular weight is 261 g/mol. The highest BCUT2D eigenvalue weighted by Gasteiger charge is 2.16. The minimum atomic E-state index is -0.520. The largest absolute Gasteiger partial charge is 0.431 e. The zero-order valence-electron chi connectivity index (χ0n) is 10.0. The van der Waals surface area contributed by atoms with E-state index in [1.54, 1.807) is 19.1 Å². The summed E-state index contributed by atoms with van der Waals surface area (Å²) in [6, 6.07) is 6.05. The lowest BCUT2D eigenvalue weighted by Gasteiger charge is -2.09. The van der Waals surface area contributed by atoms with Crippen molar-refractivity contribution in [2.75, 3.05) is 5.43 Å². The Labute approximate surface area is 108 Å². The van der Waals surface area contributed by atoms with Gasteiger partial charge in [0.1, 0.15) is 12.1 Å². The highest BCUT2D eigenvalue weighted by atomic mass is 16.6. The lowest BCUT2D eigenvalue weighted by molar-refractivity contribution is -0.385. The number of nitrogens with one attached hydrogen (secondary N) is 1. The van der Waals surface area contributed by atoms with E-state index in [1.165, 1.54) is 18.5 Å². The zero-order valence-corrected chi connectivity index (χ0v) is 10.0. The number of rotatable bonds is 4. The Morgan fingerprint density at radius 2 is 2.11 bits per heavy atom. The second kappa shape index (κ2) is 5.27. The van der Waals surface area contributed by atoms with E-state index in [0.717, 1.165) is 0 Å². The number of nitro groups is 1. The number of anilines is 1. The number of para-hydroxylation sites is 2. The number of aromatic nitrogens is 2. The van der Waals surface area contributed by atoms with Crippen molar-refractivity contribution in [3.63, 3.8) is 0 Å². The zero-order chi connectivity index (χ0) is 13.8. The third-order valence-electron chi connectivity index (χ3n) is 2.44. The summed E-state index contributed by atoms with van der Waals surface area (Å²) in [5, 5.41) is 10.9. The molecule has 0 saturated carbocycles. The van der Waals surface area contributed by atoms with Crippen molar-refractivity contribution in [2.24, 2.45) is 5.84 Å². The molecule has 0 bridgehead atoms. The Morgan fingerprint density at radius 3 is 2.79 bits per heavy atom. The minimum Gasteiger partial charge on any atom is -0.431 e. The fraction of sp³-hybridized carbons (Fsp3) is 0.0909. The van der Waals surface area contributed by atoms with Gasteiger partial charge in [0.25, 0.3) is 0 Å². The Hall–Kier alpha value is -2.74. The van der Waals surface area contributed by atoms with Crippen LogP contribution in [0, 0.1) is 17.0 Å². The molecule has 8 heteroatoms. The molecule has 1 aromatic heterocycles. The average Bonchev–Trinajstić information content (AvgIpc) is 2.41. The van der Waals surface area contributed by atoms with Crippen LogP contribution in [0.4, 0.5) is 11.5 Å². The van der Waals surface area contributed by atoms with Crippen molar-refractivity contribution >= 4 is 11.5 Å². The summed E-state index contributed by atoms with van der Waals surface area (Å²) in [4.78, 5) is 18.2. The first kappa shape index (κ1) is 12.7. The standard InChI is InChI=1S/C11H11N5O3/c1-7-10(15-12)13-6-14-11(7)19-9-5-3-2-4-8(9)16(17)18/h2-6H,12H2,1H3,(H,13,14,15). The SMILES string of the molecule is Cc1c(NN)ncnc1Oc1ccccc1[N+](=O)[O-]. The van der Waals surface area contributed by atoms with Crippen LogP contribution in [-0.2, 0) is 0 Å². The molecule has 2 aromatic rings. The van der Waals surface area contributed by atoms with Gasteiger partial charge < -0.3 is 10.2 Å². The molecule has 1 aromatic carbocycles. The van der Waals surface area contributed by atoms with Crippen molar-refractivity contribution in [2.45, 2.75) is 6.92 Å². The van der Waals surface area contributed by atoms with Gasteiger partial charge in [-0.25, -0.2) is 15.8 Å². The van der Waals surface area contributed by atoms with Crippen LogP contribution in [0.1, 0.15) is 5.56 Å². The van der Waals surface area contributed by atoms with Crippen molar-refractivity contribution in [3.05, 3.63) is 46.3 Å². The summed E-state index contributed by atoms with van der Waals surface area (Å²) in [5.41, 5.74) is 2.82. The van der Waals surface area contributed by atoms with Crippen molar-refractivity contribution in [1.29, 1.82) is 0 Å². The number of nitro benzene ring substituents is 1. The van der Waals surface area contributed by atoms with Crippen LogP contribution < -0.4 is 16.0 Å². The fourth-order valence-corrected chi connectivity index (χ4v) is 1.48. The molecular weight excluding hydrogens is 250 g/mol. The lowest BCUT2D eigenvalue weighted by Crippen LogP contribution is -2.11. The number of ether oxygens (including phenoxy) is 1. The summed E-state index contributed by atoms with van der Waals surface area (Å²) in [5.74, 6) is 5.99. The summed E-state index contributed by atoms with van der Waals surface area (Å²) < 4.78 is 5.46. The highest BCUT2D eigenvalue weighted by Crippen LogP contribution is 2.32. The van der Waals surface area contributed by atoms with Gasteiger partial charge in [0.2, 0.25) is 11.6 Å². The first-order valence-electron chi connectivity index (χ1n) is 5.33. The molecule has 2 rings (SSSR count). The Kier molecular flexibility index (Phi) is 3.53. The van der Waals surface area contributed by atoms with Crippen molar-refractivity contribution in [3.8, 4) is 11.6 Å². The molecule has 0 aliphatic heterocycles. The van der Waals surface area contributed by atoms with Crippen LogP contribution >= 0.6 is 0 Å². The predicted octanol–water partition coefficient (Wildman–Crippen LogP) is 1.77. The summed E-state index contributed by atoms with van der Waals surface area (Å²) in [6.45, 7) is 1.69. The quantitative estimate of drug-likeness (QED) is 0.489. The topological polar surface area (TPSA) is 116 Å². The maximum absolute atomic E-state index is 10.9. The molecule has 0 spiro atoms. The summed E-state index contributed by atoms with van der Waals surface area (Å²) in [6.07, 6.45) is 1.26. The molecule has 0 amide bonds. The van der Waals surface area contributed by atoms with Gasteiger partial charge in [-0.05, 0) is 13.0 Å². The van der Waals surface area contributed by atoms with E-state index in [4.69, 9.17) is 10.6 Å². The molecule has 0 radical (unpaired) electrons. The van der Waals surface area contributed by atoms with E-state index in [-0.39, 0.29) is 17.3 Å². The molecule has 0 aliphatic carbocycles. The lowest BCUT2D eigenvalue weighted by atomic mass is 10.3. The molecule has 3 N–H and O–H groups in total. The van der Waals surface area contributed by atoms with Crippen LogP contribution in [0.25, 0.3) is 0 Å². The van der Waals surface area contributed by atoms with Gasteiger partial charge in [-0.15, -0.1) is 0 Å². The van der Waals surface area contributed by atoms with E-state index in [0.29, 0.717) is 11.4 Å². The monoisotopic (exact) mass is 261 g/mol. The summed E-state index contributed by atoms with van der Waals surface area (Å²) >= 11 is 0. The molecule has 0 unspecified atom stereocenters. The number of hydrogen-bond acceptors (Lipinski definition) is 7. The van der Waals surface area contributed by atoms with Crippen LogP contribution in [0.3, 0.4) is 0 Å². The smallest absolute Gasteiger partial charge is 0.311 e. The fourth-order valence-electron chi connectivity index (χ4n) is 1.48. The molecule has 1 heterocycles. The second-order valence-electron chi connectivity index (χ2n) is 3.62. The predicted molar refractivity (Wildman–Crippen MR) is 67.7 cm³/mol. The van der Waals surface area contributed by atoms with Gasteiger partial charge in [0.05, 0.1) is 10.5 Å². The van der Waals surface area contributed by atoms with Gasteiger partial charge in [0, 0.05) is 6.07 Å². The van der Waals surface area contributed by atoms with E-state index < -0.39 is 4.92 Å². The van der Waals surface area contributed by atoms with Crippen LogP contribution in [0.15, 0.2) is 30.6 Å². The Morgan fingerprint density at radius 1 is 1.37 bits per heavy atom. The van der Waals surface area contributed by atoms with Crippen molar-refractivity contribution in [1.82, 2.24) is 9.97 Å². The van der Waals surface area contributed by atoms with Gasteiger partial charge in [-0.1, -0.05) is 12.1 Å². The third-order valence-corrected chi connectivity index (χ3v) is 2.44. The van der Waals surface area contributed by atoms with E-state index in [1.807, 2.05) is 0 Å². The van der Waals surface area contributed by atoms with Gasteiger partial charge in [-0.2, -0.15) is 0 Å². The number of hydrazine groups is 1. The summed E-state index contributed by atoms with van der Waals surface area (Å²) in [7, 11) is 0. The number of benzene rings is 1. The highest BCUT2D eigenvalue weighted by molar-refractivity contribution is 5.51. The van der Waals surface area contributed by atoms with Crippen LogP contribution in [0.5, 0.6) is 11.6 Å². The second-order valence-corrected chi connectivity index (χ2v) is 3.62. The molecular formula is C11H11N5O3. The molecule has 0 aliphatic rings. The van der Waals surface area contributed by atoms with E-state index in [9.17, 15) is 10.1 Å². The Bertz CT molecular complexity index is 617. The normalized spacial score (nSPS) is 10.0. The molecule has 98 valence electrons. The first-order chi connectivity index (χ1) is 9.13. The molecule has 0 saturated heterocycles. The van der Waals surface area contributed by atoms with Crippen LogP contribution in [0.2, 0.25) is 0 Å². The first-order valence-corrected chi connectivity index (χ1v) is 5.33. The van der Waals surface area contributed by atoms with Gasteiger partial charge >= 0.3 is 5.69 Å². The molecule has 19 heavy (non-hydrogen) atoms. The maximum Gasteiger partial charge on any atom is 0.311 e. The number of hydrogen-bond donors (Lipinski definition) is 2. The van der Waals surface area contributed by atoms with Gasteiger partial charge in [-0.3, -0.25) is 10.1 Å². The third kappa shape index (κ3) is 2.58. The number of nitrogens with zero attached hydrogens (tertiary/aromatic N) is 3. The van der Waals surface area contributed by atoms with Crippen LogP contribution in [-0.4, -0.2) is 14.9 Å².